The smallest absolute Gasteiger partial charge is 0.159 e. The van der Waals surface area contributed by atoms with Gasteiger partial charge < -0.3 is 5.11 Å². The summed E-state index contributed by atoms with van der Waals surface area (Å²) in [4.78, 5) is 18.8. The van der Waals surface area contributed by atoms with Crippen LogP contribution in [0.25, 0.3) is 11.4 Å². The molecule has 1 unspecified atom stereocenters. The molecule has 2 rings (SSSR count). The maximum absolute atomic E-state index is 13.5. The molecular formula is C14H13FN2O2. The molecule has 0 amide bonds. The number of halogens is 1. The molecule has 0 bridgehead atoms. The van der Waals surface area contributed by atoms with Crippen molar-refractivity contribution in [1.29, 1.82) is 0 Å². The van der Waals surface area contributed by atoms with Crippen LogP contribution in [0.4, 0.5) is 4.39 Å². The summed E-state index contributed by atoms with van der Waals surface area (Å²) < 4.78 is 13.5. The molecule has 0 saturated carbocycles. The lowest BCUT2D eigenvalue weighted by Gasteiger charge is -2.05. The summed E-state index contributed by atoms with van der Waals surface area (Å²) in [6, 6.07) is 4.22. The van der Waals surface area contributed by atoms with Crippen LogP contribution < -0.4 is 0 Å². The van der Waals surface area contributed by atoms with E-state index in [4.69, 9.17) is 0 Å². The van der Waals surface area contributed by atoms with E-state index >= 15 is 0 Å². The van der Waals surface area contributed by atoms with Crippen LogP contribution in [0.5, 0.6) is 0 Å². The number of carbonyl (C=O) groups is 1. The minimum atomic E-state index is -0.593. The summed E-state index contributed by atoms with van der Waals surface area (Å²) in [6.45, 7) is 1.68. The first kappa shape index (κ1) is 13.3. The molecule has 0 radical (unpaired) electrons. The number of nitrogens with zero attached hydrogens (tertiary/aromatic N) is 2. The van der Waals surface area contributed by atoms with Gasteiger partial charge in [0.2, 0.25) is 0 Å². The van der Waals surface area contributed by atoms with Gasteiger partial charge in [-0.05, 0) is 24.6 Å². The quantitative estimate of drug-likeness (QED) is 0.854. The van der Waals surface area contributed by atoms with Crippen molar-refractivity contribution in [2.24, 2.45) is 0 Å². The lowest BCUT2D eigenvalue weighted by Crippen LogP contribution is -2.05. The molecule has 0 aliphatic carbocycles. The number of aliphatic hydroxyl groups excluding tert-OH is 1. The summed E-state index contributed by atoms with van der Waals surface area (Å²) in [7, 11) is 0. The van der Waals surface area contributed by atoms with Gasteiger partial charge in [0.15, 0.2) is 12.1 Å². The van der Waals surface area contributed by atoms with Gasteiger partial charge in [0.05, 0.1) is 11.7 Å². The topological polar surface area (TPSA) is 63.1 Å². The van der Waals surface area contributed by atoms with Crippen molar-refractivity contribution in [3.63, 3.8) is 0 Å². The first-order valence-corrected chi connectivity index (χ1v) is 5.84. The van der Waals surface area contributed by atoms with Crippen molar-refractivity contribution in [2.75, 3.05) is 0 Å². The molecule has 0 aliphatic heterocycles. The first-order valence-electron chi connectivity index (χ1n) is 5.84. The molecule has 1 N–H and O–H groups in total. The van der Waals surface area contributed by atoms with Crippen molar-refractivity contribution < 1.29 is 14.3 Å². The van der Waals surface area contributed by atoms with E-state index in [2.05, 4.69) is 9.97 Å². The second-order valence-corrected chi connectivity index (χ2v) is 4.32. The molecule has 19 heavy (non-hydrogen) atoms. The van der Waals surface area contributed by atoms with Crippen LogP contribution in [0.3, 0.4) is 0 Å². The SMILES string of the molecule is CC(O)Cc1cnc(-c2ccc(C=O)c(F)c2)nc1. The van der Waals surface area contributed by atoms with Crippen LogP contribution in [0, 0.1) is 5.82 Å². The standard InChI is InChI=1S/C14H13FN2O2/c1-9(19)4-10-6-16-14(17-7-10)11-2-3-12(8-18)13(15)5-11/h2-3,5-9,19H,4H2,1H3. The maximum Gasteiger partial charge on any atom is 0.159 e. The highest BCUT2D eigenvalue weighted by Gasteiger charge is 2.07. The number of hydrogen-bond donors (Lipinski definition) is 1. The predicted octanol–water partition coefficient (Wildman–Crippen LogP) is 2.02. The van der Waals surface area contributed by atoms with Crippen LogP contribution in [0.15, 0.2) is 30.6 Å². The van der Waals surface area contributed by atoms with Crippen LogP contribution in [0.1, 0.15) is 22.8 Å². The van der Waals surface area contributed by atoms with Crippen LogP contribution in [-0.2, 0) is 6.42 Å². The van der Waals surface area contributed by atoms with E-state index in [-0.39, 0.29) is 5.56 Å². The van der Waals surface area contributed by atoms with Crippen LogP contribution in [-0.4, -0.2) is 27.5 Å². The zero-order chi connectivity index (χ0) is 13.8. The Balaban J connectivity index is 2.27. The second-order valence-electron chi connectivity index (χ2n) is 4.32. The summed E-state index contributed by atoms with van der Waals surface area (Å²) in [6.07, 6.45) is 3.67. The Morgan fingerprint density at radius 3 is 2.58 bits per heavy atom. The fraction of sp³-hybridized carbons (Fsp3) is 0.214. The van der Waals surface area contributed by atoms with Gasteiger partial charge in [-0.3, -0.25) is 4.79 Å². The van der Waals surface area contributed by atoms with Gasteiger partial charge in [0, 0.05) is 24.4 Å². The number of aldehydes is 1. The fourth-order valence-corrected chi connectivity index (χ4v) is 1.71. The van der Waals surface area contributed by atoms with Gasteiger partial charge in [0.1, 0.15) is 5.82 Å². The van der Waals surface area contributed by atoms with Crippen molar-refractivity contribution in [1.82, 2.24) is 9.97 Å². The van der Waals surface area contributed by atoms with E-state index in [0.717, 1.165) is 5.56 Å². The molecule has 2 aromatic rings. The minimum absolute atomic E-state index is 0.00877. The number of hydrogen-bond acceptors (Lipinski definition) is 4. The van der Waals surface area contributed by atoms with Crippen molar-refractivity contribution in [2.45, 2.75) is 19.4 Å². The number of benzene rings is 1. The molecule has 0 fully saturated rings. The third-order valence-electron chi connectivity index (χ3n) is 2.62. The Labute approximate surface area is 110 Å². The van der Waals surface area contributed by atoms with E-state index in [1.165, 1.54) is 12.1 Å². The molecule has 1 aromatic carbocycles. The van der Waals surface area contributed by atoms with E-state index in [9.17, 15) is 14.3 Å². The van der Waals surface area contributed by atoms with E-state index in [1.54, 1.807) is 25.4 Å². The van der Waals surface area contributed by atoms with Crippen molar-refractivity contribution >= 4 is 6.29 Å². The van der Waals surface area contributed by atoms with Gasteiger partial charge in [0.25, 0.3) is 0 Å². The number of rotatable bonds is 4. The Bertz CT molecular complexity index is 582. The molecule has 5 heteroatoms. The summed E-state index contributed by atoms with van der Waals surface area (Å²) in [5, 5.41) is 9.25. The Morgan fingerprint density at radius 2 is 2.05 bits per heavy atom. The zero-order valence-electron chi connectivity index (χ0n) is 10.4. The van der Waals surface area contributed by atoms with Crippen molar-refractivity contribution in [3.05, 3.63) is 47.5 Å². The normalized spacial score (nSPS) is 12.2. The molecule has 98 valence electrons. The molecule has 1 heterocycles. The molecule has 0 spiro atoms. The number of aromatic nitrogens is 2. The van der Waals surface area contributed by atoms with E-state index in [0.29, 0.717) is 24.1 Å². The molecule has 4 nitrogen and oxygen atoms in total. The molecule has 1 aromatic heterocycles. The second kappa shape index (κ2) is 5.67. The molecule has 0 saturated heterocycles. The lowest BCUT2D eigenvalue weighted by atomic mass is 10.1. The minimum Gasteiger partial charge on any atom is -0.393 e. The van der Waals surface area contributed by atoms with Gasteiger partial charge in [-0.15, -0.1) is 0 Å². The number of aliphatic hydroxyl groups is 1. The van der Waals surface area contributed by atoms with Gasteiger partial charge in [-0.2, -0.15) is 0 Å². The average Bonchev–Trinajstić information content (AvgIpc) is 2.39. The Hall–Kier alpha value is -2.14. The van der Waals surface area contributed by atoms with Gasteiger partial charge >= 0.3 is 0 Å². The van der Waals surface area contributed by atoms with Crippen LogP contribution in [0.2, 0.25) is 0 Å². The molecular weight excluding hydrogens is 247 g/mol. The van der Waals surface area contributed by atoms with Crippen LogP contribution >= 0.6 is 0 Å². The lowest BCUT2D eigenvalue weighted by molar-refractivity contribution is 0.112. The van der Waals surface area contributed by atoms with Crippen molar-refractivity contribution in [3.8, 4) is 11.4 Å². The third-order valence-corrected chi connectivity index (χ3v) is 2.62. The highest BCUT2D eigenvalue weighted by molar-refractivity contribution is 5.76. The summed E-state index contributed by atoms with van der Waals surface area (Å²) in [5.74, 6) is -0.213. The van der Waals surface area contributed by atoms with Gasteiger partial charge in [-0.25, -0.2) is 14.4 Å². The Kier molecular flexibility index (Phi) is 3.97. The molecule has 1 atom stereocenters. The summed E-state index contributed by atoms with van der Waals surface area (Å²) in [5.41, 5.74) is 1.32. The Morgan fingerprint density at radius 1 is 1.37 bits per heavy atom. The largest absolute Gasteiger partial charge is 0.393 e. The summed E-state index contributed by atoms with van der Waals surface area (Å²) >= 11 is 0. The highest BCUT2D eigenvalue weighted by atomic mass is 19.1. The van der Waals surface area contributed by atoms with E-state index < -0.39 is 11.9 Å². The third kappa shape index (κ3) is 3.20. The molecule has 0 aliphatic rings. The first-order chi connectivity index (χ1) is 9.10. The fourth-order valence-electron chi connectivity index (χ4n) is 1.71. The van der Waals surface area contributed by atoms with Gasteiger partial charge in [-0.1, -0.05) is 6.07 Å². The maximum atomic E-state index is 13.5. The van der Waals surface area contributed by atoms with E-state index in [1.807, 2.05) is 0 Å². The average molecular weight is 260 g/mol. The highest BCUT2D eigenvalue weighted by Crippen LogP contribution is 2.17. The predicted molar refractivity (Wildman–Crippen MR) is 68.2 cm³/mol. The monoisotopic (exact) mass is 260 g/mol. The number of carbonyl (C=O) groups excluding carboxylic acids is 1. The zero-order valence-corrected chi connectivity index (χ0v) is 10.4.